The highest BCUT2D eigenvalue weighted by Crippen LogP contribution is 2.23. The van der Waals surface area contributed by atoms with Gasteiger partial charge in [0, 0.05) is 11.8 Å². The Morgan fingerprint density at radius 3 is 2.16 bits per heavy atom. The molecule has 1 aromatic rings. The van der Waals surface area contributed by atoms with Crippen LogP contribution in [0.3, 0.4) is 0 Å². The van der Waals surface area contributed by atoms with E-state index in [2.05, 4.69) is 5.32 Å². The third-order valence-corrected chi connectivity index (χ3v) is 3.29. The Balaban J connectivity index is 3.06. The molecule has 0 fully saturated rings. The molecule has 0 heterocycles. The molecule has 19 heavy (non-hydrogen) atoms. The number of nitrogens with two attached hydrogens (primary N) is 1. The third-order valence-electron chi connectivity index (χ3n) is 3.29. The Bertz CT molecular complexity index is 508. The van der Waals surface area contributed by atoms with Gasteiger partial charge in [0.05, 0.1) is 16.7 Å². The number of benzene rings is 1. The van der Waals surface area contributed by atoms with Crippen LogP contribution in [0.15, 0.2) is 12.1 Å². The second-order valence-corrected chi connectivity index (χ2v) is 5.49. The molecule has 0 atom stereocenters. The van der Waals surface area contributed by atoms with Gasteiger partial charge in [-0.25, -0.2) is 8.78 Å². The van der Waals surface area contributed by atoms with Crippen LogP contribution in [0.2, 0.25) is 0 Å². The first-order valence-electron chi connectivity index (χ1n) is 5.75. The molecular weight excluding hydrogens is 254 g/mol. The van der Waals surface area contributed by atoms with E-state index < -0.39 is 28.7 Å². The number of aliphatic hydroxyl groups is 1. The molecule has 0 aliphatic rings. The summed E-state index contributed by atoms with van der Waals surface area (Å²) >= 11 is 0. The summed E-state index contributed by atoms with van der Waals surface area (Å²) < 4.78 is 26.0. The molecule has 106 valence electrons. The molecular formula is C13H18F2N2O2. The molecule has 1 amide bonds. The summed E-state index contributed by atoms with van der Waals surface area (Å²) in [5, 5.41) is 12.5. The topological polar surface area (TPSA) is 75.3 Å². The van der Waals surface area contributed by atoms with Gasteiger partial charge >= 0.3 is 0 Å². The van der Waals surface area contributed by atoms with Crippen molar-refractivity contribution in [3.05, 3.63) is 29.3 Å². The third kappa shape index (κ3) is 3.20. The smallest absolute Gasteiger partial charge is 0.253 e. The predicted octanol–water partition coefficient (Wildman–Crippen LogP) is 1.83. The number of amides is 1. The van der Waals surface area contributed by atoms with E-state index in [-0.39, 0.29) is 11.3 Å². The Labute approximate surface area is 110 Å². The number of hydrogen-bond donors (Lipinski definition) is 3. The van der Waals surface area contributed by atoms with Gasteiger partial charge < -0.3 is 16.2 Å². The van der Waals surface area contributed by atoms with Crippen molar-refractivity contribution in [2.24, 2.45) is 0 Å². The Morgan fingerprint density at radius 1 is 1.21 bits per heavy atom. The highest BCUT2D eigenvalue weighted by Gasteiger charge is 2.36. The normalized spacial score (nSPS) is 12.4. The zero-order valence-electron chi connectivity index (χ0n) is 11.3. The first kappa shape index (κ1) is 15.4. The maximum atomic E-state index is 13.1. The van der Waals surface area contributed by atoms with Gasteiger partial charge in [0.15, 0.2) is 11.6 Å². The number of rotatable bonds is 3. The minimum Gasteiger partial charge on any atom is -0.398 e. The van der Waals surface area contributed by atoms with E-state index in [0.29, 0.717) is 0 Å². The quantitative estimate of drug-likeness (QED) is 0.735. The number of nitrogen functional groups attached to an aromatic ring is 1. The number of anilines is 1. The fraction of sp³-hybridized carbons (Fsp3) is 0.462. The van der Waals surface area contributed by atoms with Crippen molar-refractivity contribution in [3.8, 4) is 0 Å². The first-order valence-corrected chi connectivity index (χ1v) is 5.75. The van der Waals surface area contributed by atoms with E-state index in [1.165, 1.54) is 13.8 Å². The average molecular weight is 272 g/mol. The molecule has 0 radical (unpaired) electrons. The second kappa shape index (κ2) is 4.77. The summed E-state index contributed by atoms with van der Waals surface area (Å²) in [5.74, 6) is -2.94. The molecule has 6 heteroatoms. The van der Waals surface area contributed by atoms with Crippen molar-refractivity contribution in [2.75, 3.05) is 5.73 Å². The Hall–Kier alpha value is -1.69. The van der Waals surface area contributed by atoms with Crippen LogP contribution in [0.1, 0.15) is 38.1 Å². The lowest BCUT2D eigenvalue weighted by Gasteiger charge is -2.38. The van der Waals surface area contributed by atoms with E-state index in [1.807, 2.05) is 0 Å². The molecule has 1 rings (SSSR count). The summed E-state index contributed by atoms with van der Waals surface area (Å²) in [5.41, 5.74) is 2.99. The van der Waals surface area contributed by atoms with Gasteiger partial charge in [-0.05, 0) is 33.8 Å². The van der Waals surface area contributed by atoms with Gasteiger partial charge in [-0.15, -0.1) is 0 Å². The molecule has 0 aliphatic carbocycles. The van der Waals surface area contributed by atoms with Gasteiger partial charge in [-0.1, -0.05) is 0 Å². The average Bonchev–Trinajstić information content (AvgIpc) is 2.20. The SMILES string of the molecule is CC(C)(O)C(C)(C)NC(=O)c1cc(F)c(F)cc1N. The lowest BCUT2D eigenvalue weighted by Crippen LogP contribution is -2.57. The highest BCUT2D eigenvalue weighted by atomic mass is 19.2. The lowest BCUT2D eigenvalue weighted by molar-refractivity contribution is -0.00292. The summed E-state index contributed by atoms with van der Waals surface area (Å²) in [6.07, 6.45) is 0. The van der Waals surface area contributed by atoms with Crippen LogP contribution in [-0.4, -0.2) is 22.2 Å². The van der Waals surface area contributed by atoms with Crippen LogP contribution in [0.5, 0.6) is 0 Å². The molecule has 4 nitrogen and oxygen atoms in total. The monoisotopic (exact) mass is 272 g/mol. The van der Waals surface area contributed by atoms with Crippen LogP contribution < -0.4 is 11.1 Å². The van der Waals surface area contributed by atoms with Crippen LogP contribution in [0.4, 0.5) is 14.5 Å². The molecule has 0 aromatic heterocycles. The van der Waals surface area contributed by atoms with Crippen molar-refractivity contribution in [3.63, 3.8) is 0 Å². The summed E-state index contributed by atoms with van der Waals surface area (Å²) in [6.45, 7) is 6.28. The number of carbonyl (C=O) groups is 1. The van der Waals surface area contributed by atoms with Crippen LogP contribution in [0.25, 0.3) is 0 Å². The number of carbonyl (C=O) groups excluding carboxylic acids is 1. The molecule has 0 bridgehead atoms. The largest absolute Gasteiger partial charge is 0.398 e. The molecule has 0 aliphatic heterocycles. The molecule has 0 spiro atoms. The van der Waals surface area contributed by atoms with Gasteiger partial charge in [0.25, 0.3) is 5.91 Å². The fourth-order valence-electron chi connectivity index (χ4n) is 1.26. The van der Waals surface area contributed by atoms with Gasteiger partial charge in [0.2, 0.25) is 0 Å². The minimum absolute atomic E-state index is 0.164. The van der Waals surface area contributed by atoms with E-state index in [0.717, 1.165) is 12.1 Å². The molecule has 0 unspecified atom stereocenters. The standard InChI is InChI=1S/C13H18F2N2O2/c1-12(2,13(3,4)19)17-11(18)7-5-8(14)9(15)6-10(7)16/h5-6,19H,16H2,1-4H3,(H,17,18). The van der Waals surface area contributed by atoms with Crippen LogP contribution in [0, 0.1) is 11.6 Å². The summed E-state index contributed by atoms with van der Waals surface area (Å²) in [6, 6.07) is 1.49. The zero-order valence-corrected chi connectivity index (χ0v) is 11.3. The van der Waals surface area contributed by atoms with Crippen molar-refractivity contribution in [2.45, 2.75) is 38.8 Å². The number of nitrogens with one attached hydrogen (secondary N) is 1. The maximum Gasteiger partial charge on any atom is 0.253 e. The minimum atomic E-state index is -1.20. The number of hydrogen-bond acceptors (Lipinski definition) is 3. The molecule has 4 N–H and O–H groups in total. The van der Waals surface area contributed by atoms with E-state index in [4.69, 9.17) is 5.73 Å². The predicted molar refractivity (Wildman–Crippen MR) is 68.6 cm³/mol. The Morgan fingerprint density at radius 2 is 1.68 bits per heavy atom. The lowest BCUT2D eigenvalue weighted by atomic mass is 9.85. The summed E-state index contributed by atoms with van der Waals surface area (Å²) in [7, 11) is 0. The maximum absolute atomic E-state index is 13.1. The van der Waals surface area contributed by atoms with Gasteiger partial charge in [-0.3, -0.25) is 4.79 Å². The molecule has 1 aromatic carbocycles. The molecule has 0 saturated carbocycles. The van der Waals surface area contributed by atoms with E-state index >= 15 is 0 Å². The van der Waals surface area contributed by atoms with Crippen LogP contribution >= 0.6 is 0 Å². The van der Waals surface area contributed by atoms with Gasteiger partial charge in [-0.2, -0.15) is 0 Å². The fourth-order valence-corrected chi connectivity index (χ4v) is 1.26. The first-order chi connectivity index (χ1) is 8.45. The summed E-state index contributed by atoms with van der Waals surface area (Å²) in [4.78, 5) is 12.0. The highest BCUT2D eigenvalue weighted by molar-refractivity contribution is 5.99. The van der Waals surface area contributed by atoms with Crippen molar-refractivity contribution in [1.29, 1.82) is 0 Å². The van der Waals surface area contributed by atoms with E-state index in [1.54, 1.807) is 13.8 Å². The second-order valence-electron chi connectivity index (χ2n) is 5.49. The van der Waals surface area contributed by atoms with Gasteiger partial charge in [0.1, 0.15) is 0 Å². The van der Waals surface area contributed by atoms with Crippen molar-refractivity contribution < 1.29 is 18.7 Å². The molecule has 0 saturated heterocycles. The van der Waals surface area contributed by atoms with Crippen molar-refractivity contribution >= 4 is 11.6 Å². The number of halogens is 2. The Kier molecular flexibility index (Phi) is 3.86. The zero-order chi connectivity index (χ0) is 15.0. The van der Waals surface area contributed by atoms with Crippen molar-refractivity contribution in [1.82, 2.24) is 5.32 Å². The van der Waals surface area contributed by atoms with E-state index in [9.17, 15) is 18.7 Å². The van der Waals surface area contributed by atoms with Crippen LogP contribution in [-0.2, 0) is 0 Å².